The average Bonchev–Trinajstić information content (AvgIpc) is 2.38. The van der Waals surface area contributed by atoms with Crippen LogP contribution < -0.4 is 4.74 Å². The van der Waals surface area contributed by atoms with Crippen LogP contribution in [0.4, 0.5) is 0 Å². The van der Waals surface area contributed by atoms with Crippen LogP contribution in [0.25, 0.3) is 0 Å². The first-order valence-corrected chi connectivity index (χ1v) is 6.38. The highest BCUT2D eigenvalue weighted by Crippen LogP contribution is 2.35. The molecule has 2 atom stereocenters. The second-order valence-electron chi connectivity index (χ2n) is 4.84. The number of hydrogen-bond donors (Lipinski definition) is 1. The van der Waals surface area contributed by atoms with Crippen molar-refractivity contribution in [1.82, 2.24) is 0 Å². The zero-order chi connectivity index (χ0) is 14.6. The minimum absolute atomic E-state index is 0.243. The third-order valence-electron chi connectivity index (χ3n) is 3.38. The highest BCUT2D eigenvalue weighted by atomic mass is 16.5. The molecular weight excluding hydrogens is 244 g/mol. The van der Waals surface area contributed by atoms with Gasteiger partial charge in [-0.1, -0.05) is 24.6 Å². The van der Waals surface area contributed by atoms with Gasteiger partial charge < -0.3 is 14.6 Å². The Morgan fingerprint density at radius 3 is 2.63 bits per heavy atom. The number of hydrogen-bond acceptors (Lipinski definition) is 4. The third-order valence-corrected chi connectivity index (χ3v) is 3.38. The molecule has 2 unspecified atom stereocenters. The summed E-state index contributed by atoms with van der Waals surface area (Å²) in [6, 6.07) is 5.67. The molecular formula is C15H22O4. The van der Waals surface area contributed by atoms with Crippen molar-refractivity contribution in [2.24, 2.45) is 0 Å². The molecule has 0 spiro atoms. The van der Waals surface area contributed by atoms with Crippen LogP contribution >= 0.6 is 0 Å². The molecule has 0 saturated heterocycles. The van der Waals surface area contributed by atoms with Gasteiger partial charge in [0.25, 0.3) is 0 Å². The Morgan fingerprint density at radius 2 is 2.11 bits per heavy atom. The fraction of sp³-hybridized carbons (Fsp3) is 0.533. The molecule has 0 radical (unpaired) electrons. The van der Waals surface area contributed by atoms with E-state index in [-0.39, 0.29) is 6.61 Å². The molecule has 0 aliphatic rings. The summed E-state index contributed by atoms with van der Waals surface area (Å²) in [5.41, 5.74) is 0.250. The maximum atomic E-state index is 11.9. The van der Waals surface area contributed by atoms with Crippen molar-refractivity contribution in [2.75, 3.05) is 13.7 Å². The van der Waals surface area contributed by atoms with E-state index in [1.807, 2.05) is 25.1 Å². The van der Waals surface area contributed by atoms with Crippen LogP contribution in [-0.4, -0.2) is 30.4 Å². The summed E-state index contributed by atoms with van der Waals surface area (Å²) in [7, 11) is 1.57. The molecule has 4 nitrogen and oxygen atoms in total. The van der Waals surface area contributed by atoms with Gasteiger partial charge in [0.05, 0.1) is 13.7 Å². The van der Waals surface area contributed by atoms with Crippen molar-refractivity contribution in [3.8, 4) is 5.75 Å². The van der Waals surface area contributed by atoms with Crippen LogP contribution in [0.1, 0.15) is 37.8 Å². The largest absolute Gasteiger partial charge is 0.496 e. The number of benzene rings is 1. The number of esters is 1. The topological polar surface area (TPSA) is 55.8 Å². The van der Waals surface area contributed by atoms with Crippen LogP contribution in [0.15, 0.2) is 18.2 Å². The lowest BCUT2D eigenvalue weighted by atomic mass is 9.84. The van der Waals surface area contributed by atoms with Crippen molar-refractivity contribution >= 4 is 5.97 Å². The summed E-state index contributed by atoms with van der Waals surface area (Å²) in [5, 5.41) is 10.4. The molecule has 0 saturated carbocycles. The Kier molecular flexibility index (Phi) is 4.95. The molecule has 1 N–H and O–H groups in total. The molecule has 0 aliphatic heterocycles. The van der Waals surface area contributed by atoms with Crippen LogP contribution in [0.3, 0.4) is 0 Å². The van der Waals surface area contributed by atoms with Gasteiger partial charge in [-0.2, -0.15) is 0 Å². The van der Waals surface area contributed by atoms with E-state index >= 15 is 0 Å². The number of ether oxygens (including phenoxy) is 2. The van der Waals surface area contributed by atoms with Gasteiger partial charge >= 0.3 is 5.97 Å². The second kappa shape index (κ2) is 6.06. The normalized spacial score (nSPS) is 15.5. The Balaban J connectivity index is 3.14. The smallest absolute Gasteiger partial charge is 0.338 e. The molecule has 4 heteroatoms. The fourth-order valence-electron chi connectivity index (χ4n) is 1.95. The standard InChI is InChI=1S/C15H22O4/c1-6-19-14(16)15(4,17)11(3)12-9-10(2)7-8-13(12)18-5/h7-9,11,17H,6H2,1-5H3. The molecule has 0 aromatic heterocycles. The Labute approximate surface area is 114 Å². The Morgan fingerprint density at radius 1 is 1.47 bits per heavy atom. The molecule has 1 aromatic rings. The maximum Gasteiger partial charge on any atom is 0.338 e. The van der Waals surface area contributed by atoms with Crippen molar-refractivity contribution < 1.29 is 19.4 Å². The average molecular weight is 266 g/mol. The zero-order valence-corrected chi connectivity index (χ0v) is 12.2. The number of rotatable bonds is 5. The predicted octanol–water partition coefficient (Wildman–Crippen LogP) is 2.42. The van der Waals surface area contributed by atoms with Crippen LogP contribution in [0.5, 0.6) is 5.75 Å². The van der Waals surface area contributed by atoms with Crippen molar-refractivity contribution in [3.05, 3.63) is 29.3 Å². The van der Waals surface area contributed by atoms with Gasteiger partial charge in [-0.25, -0.2) is 4.79 Å². The summed E-state index contributed by atoms with van der Waals surface area (Å²) in [6.45, 7) is 7.17. The number of carbonyl (C=O) groups excluding carboxylic acids is 1. The fourth-order valence-corrected chi connectivity index (χ4v) is 1.95. The second-order valence-corrected chi connectivity index (χ2v) is 4.84. The van der Waals surface area contributed by atoms with E-state index in [1.54, 1.807) is 21.0 Å². The molecule has 19 heavy (non-hydrogen) atoms. The van der Waals surface area contributed by atoms with Gasteiger partial charge in [0.1, 0.15) is 5.75 Å². The van der Waals surface area contributed by atoms with Crippen molar-refractivity contribution in [1.29, 1.82) is 0 Å². The van der Waals surface area contributed by atoms with E-state index in [9.17, 15) is 9.90 Å². The summed E-state index contributed by atoms with van der Waals surface area (Å²) in [6.07, 6.45) is 0. The maximum absolute atomic E-state index is 11.9. The lowest BCUT2D eigenvalue weighted by Gasteiger charge is -2.29. The lowest BCUT2D eigenvalue weighted by Crippen LogP contribution is -2.42. The minimum Gasteiger partial charge on any atom is -0.496 e. The van der Waals surface area contributed by atoms with Crippen molar-refractivity contribution in [3.63, 3.8) is 0 Å². The number of aliphatic hydroxyl groups is 1. The van der Waals surface area contributed by atoms with Crippen molar-refractivity contribution in [2.45, 2.75) is 39.2 Å². The number of carbonyl (C=O) groups is 1. The van der Waals surface area contributed by atoms with Crippen LogP contribution in [-0.2, 0) is 9.53 Å². The number of methoxy groups -OCH3 is 1. The molecule has 0 aliphatic carbocycles. The first-order chi connectivity index (χ1) is 8.84. The van der Waals surface area contributed by atoms with E-state index < -0.39 is 17.5 Å². The third kappa shape index (κ3) is 3.26. The van der Waals surface area contributed by atoms with Gasteiger partial charge in [-0.3, -0.25) is 0 Å². The molecule has 0 heterocycles. The molecule has 0 fully saturated rings. The van der Waals surface area contributed by atoms with Gasteiger partial charge in [0.2, 0.25) is 0 Å². The van der Waals surface area contributed by atoms with E-state index in [0.29, 0.717) is 5.75 Å². The molecule has 0 bridgehead atoms. The minimum atomic E-state index is -1.59. The van der Waals surface area contributed by atoms with Crippen LogP contribution in [0, 0.1) is 6.92 Å². The van der Waals surface area contributed by atoms with E-state index in [1.165, 1.54) is 6.92 Å². The Bertz CT molecular complexity index is 451. The summed E-state index contributed by atoms with van der Waals surface area (Å²) >= 11 is 0. The van der Waals surface area contributed by atoms with Crippen LogP contribution in [0.2, 0.25) is 0 Å². The summed E-state index contributed by atoms with van der Waals surface area (Å²) in [4.78, 5) is 11.9. The quantitative estimate of drug-likeness (QED) is 0.832. The molecule has 106 valence electrons. The highest BCUT2D eigenvalue weighted by molar-refractivity contribution is 5.80. The van der Waals surface area contributed by atoms with E-state index in [2.05, 4.69) is 0 Å². The van der Waals surface area contributed by atoms with Gasteiger partial charge in [-0.15, -0.1) is 0 Å². The van der Waals surface area contributed by atoms with Gasteiger partial charge in [0.15, 0.2) is 5.60 Å². The monoisotopic (exact) mass is 266 g/mol. The van der Waals surface area contributed by atoms with E-state index in [4.69, 9.17) is 9.47 Å². The number of aryl methyl sites for hydroxylation is 1. The molecule has 1 aromatic carbocycles. The molecule has 1 rings (SSSR count). The van der Waals surface area contributed by atoms with Gasteiger partial charge in [-0.05, 0) is 26.8 Å². The SMILES string of the molecule is CCOC(=O)C(C)(O)C(C)c1cc(C)ccc1OC. The zero-order valence-electron chi connectivity index (χ0n) is 12.2. The summed E-state index contributed by atoms with van der Waals surface area (Å²) in [5.74, 6) is -0.393. The first kappa shape index (κ1) is 15.5. The molecule has 0 amide bonds. The van der Waals surface area contributed by atoms with Gasteiger partial charge in [0, 0.05) is 11.5 Å². The highest BCUT2D eigenvalue weighted by Gasteiger charge is 2.40. The lowest BCUT2D eigenvalue weighted by molar-refractivity contribution is -0.165. The first-order valence-electron chi connectivity index (χ1n) is 6.38. The predicted molar refractivity (Wildman–Crippen MR) is 73.4 cm³/mol. The van der Waals surface area contributed by atoms with E-state index in [0.717, 1.165) is 11.1 Å². The Hall–Kier alpha value is -1.55. The summed E-state index contributed by atoms with van der Waals surface area (Å²) < 4.78 is 10.2.